The van der Waals surface area contributed by atoms with E-state index in [2.05, 4.69) is 5.32 Å². The number of carbonyl (C=O) groups is 1. The predicted octanol–water partition coefficient (Wildman–Crippen LogP) is 2.33. The van der Waals surface area contributed by atoms with Gasteiger partial charge in [-0.3, -0.25) is 4.79 Å². The maximum absolute atomic E-state index is 12.9. The normalized spacial score (nSPS) is 13.4. The van der Waals surface area contributed by atoms with Crippen molar-refractivity contribution in [1.29, 1.82) is 5.26 Å². The molecule has 0 radical (unpaired) electrons. The topological polar surface area (TPSA) is 107 Å². The molecular weight excluding hydrogens is 378 g/mol. The van der Waals surface area contributed by atoms with Crippen LogP contribution >= 0.6 is 0 Å². The number of aliphatic hydroxyl groups is 1. The molecular formula is C18H16F2N2O4S. The van der Waals surface area contributed by atoms with Crippen LogP contribution < -0.4 is 5.32 Å². The minimum atomic E-state index is -4.08. The molecule has 0 aliphatic heterocycles. The van der Waals surface area contributed by atoms with Crippen LogP contribution in [0.5, 0.6) is 0 Å². The Balaban J connectivity index is 2.20. The van der Waals surface area contributed by atoms with Crippen molar-refractivity contribution in [2.45, 2.75) is 24.1 Å². The maximum atomic E-state index is 12.9. The van der Waals surface area contributed by atoms with Gasteiger partial charge in [0.2, 0.25) is 0 Å². The number of rotatable bonds is 6. The van der Waals surface area contributed by atoms with E-state index in [1.54, 1.807) is 6.07 Å². The number of alkyl halides is 1. The summed E-state index contributed by atoms with van der Waals surface area (Å²) in [5.41, 5.74) is -2.06. The number of nitrogens with one attached hydrogen (secondary N) is 1. The zero-order valence-corrected chi connectivity index (χ0v) is 15.1. The second-order valence-electron chi connectivity index (χ2n) is 6.06. The summed E-state index contributed by atoms with van der Waals surface area (Å²) in [6.07, 6.45) is 0. The van der Waals surface area contributed by atoms with E-state index in [9.17, 15) is 27.1 Å². The molecule has 1 atom stereocenters. The van der Waals surface area contributed by atoms with Crippen LogP contribution in [-0.2, 0) is 21.3 Å². The van der Waals surface area contributed by atoms with Crippen LogP contribution in [0.4, 0.5) is 14.5 Å². The lowest BCUT2D eigenvalue weighted by Gasteiger charge is -2.22. The number of anilines is 1. The molecule has 0 aliphatic carbocycles. The zero-order chi connectivity index (χ0) is 20.2. The van der Waals surface area contributed by atoms with E-state index in [0.717, 1.165) is 31.2 Å². The molecule has 0 bridgehead atoms. The number of nitrogens with zero attached hydrogens (tertiary/aromatic N) is 1. The molecule has 0 spiro atoms. The van der Waals surface area contributed by atoms with Crippen molar-refractivity contribution in [3.63, 3.8) is 0 Å². The highest BCUT2D eigenvalue weighted by atomic mass is 32.2. The van der Waals surface area contributed by atoms with E-state index in [1.807, 2.05) is 0 Å². The molecule has 0 saturated heterocycles. The van der Waals surface area contributed by atoms with E-state index in [1.165, 1.54) is 18.2 Å². The number of nitriles is 1. The lowest BCUT2D eigenvalue weighted by atomic mass is 10.1. The van der Waals surface area contributed by atoms with Crippen molar-refractivity contribution in [1.82, 2.24) is 0 Å². The molecule has 0 aromatic heterocycles. The van der Waals surface area contributed by atoms with E-state index in [0.29, 0.717) is 0 Å². The van der Waals surface area contributed by atoms with Gasteiger partial charge in [0.15, 0.2) is 15.4 Å². The Kier molecular flexibility index (Phi) is 5.93. The smallest absolute Gasteiger partial charge is 0.257 e. The lowest BCUT2D eigenvalue weighted by Crippen LogP contribution is -2.45. The predicted molar refractivity (Wildman–Crippen MR) is 93.7 cm³/mol. The van der Waals surface area contributed by atoms with Crippen LogP contribution in [0.2, 0.25) is 0 Å². The number of benzene rings is 2. The maximum Gasteiger partial charge on any atom is 0.257 e. The summed E-state index contributed by atoms with van der Waals surface area (Å²) >= 11 is 0. The van der Waals surface area contributed by atoms with Gasteiger partial charge in [0.1, 0.15) is 12.5 Å². The van der Waals surface area contributed by atoms with Gasteiger partial charge in [0.25, 0.3) is 5.91 Å². The third-order valence-corrected chi connectivity index (χ3v) is 5.69. The SMILES string of the molecule is CC(O)(CS(=O)(=O)c1ccc(F)cc1)C(=O)Nc1ccc(C#N)c(CF)c1. The molecule has 0 aliphatic rings. The number of hydrogen-bond acceptors (Lipinski definition) is 5. The quantitative estimate of drug-likeness (QED) is 0.732. The third-order valence-electron chi connectivity index (χ3n) is 3.76. The Morgan fingerprint density at radius 1 is 1.26 bits per heavy atom. The van der Waals surface area contributed by atoms with Crippen LogP contribution in [0.25, 0.3) is 0 Å². The van der Waals surface area contributed by atoms with E-state index < -0.39 is 39.6 Å². The Bertz CT molecular complexity index is 997. The first-order chi connectivity index (χ1) is 12.6. The van der Waals surface area contributed by atoms with Crippen molar-refractivity contribution in [3.05, 3.63) is 59.4 Å². The van der Waals surface area contributed by atoms with Crippen LogP contribution in [0.15, 0.2) is 47.4 Å². The van der Waals surface area contributed by atoms with Crippen LogP contribution in [-0.4, -0.2) is 30.8 Å². The van der Waals surface area contributed by atoms with Gasteiger partial charge in [-0.15, -0.1) is 0 Å². The second kappa shape index (κ2) is 7.82. The Morgan fingerprint density at radius 3 is 2.44 bits per heavy atom. The molecule has 6 nitrogen and oxygen atoms in total. The van der Waals surface area contributed by atoms with Gasteiger partial charge < -0.3 is 10.4 Å². The van der Waals surface area contributed by atoms with Gasteiger partial charge in [0.05, 0.1) is 22.3 Å². The first-order valence-electron chi connectivity index (χ1n) is 7.70. The standard InChI is InChI=1S/C18H16F2N2O4S/c1-18(24,11-27(25,26)16-6-3-14(20)4-7-16)17(23)22-15-5-2-12(10-21)13(8-15)9-19/h2-8,24H,9,11H2,1H3,(H,22,23). The number of hydrogen-bond donors (Lipinski definition) is 2. The molecule has 27 heavy (non-hydrogen) atoms. The fraction of sp³-hybridized carbons (Fsp3) is 0.222. The summed E-state index contributed by atoms with van der Waals surface area (Å²) in [5.74, 6) is -2.59. The highest BCUT2D eigenvalue weighted by Gasteiger charge is 2.36. The van der Waals surface area contributed by atoms with E-state index >= 15 is 0 Å². The summed E-state index contributed by atoms with van der Waals surface area (Å²) < 4.78 is 50.6. The van der Waals surface area contributed by atoms with Gasteiger partial charge in [-0.05, 0) is 49.4 Å². The van der Waals surface area contributed by atoms with Crippen LogP contribution in [0.1, 0.15) is 18.1 Å². The average molecular weight is 394 g/mol. The minimum Gasteiger partial charge on any atom is -0.379 e. The van der Waals surface area contributed by atoms with Gasteiger partial charge in [-0.25, -0.2) is 17.2 Å². The molecule has 2 aromatic carbocycles. The van der Waals surface area contributed by atoms with Gasteiger partial charge in [0, 0.05) is 11.3 Å². The van der Waals surface area contributed by atoms with E-state index in [-0.39, 0.29) is 21.7 Å². The van der Waals surface area contributed by atoms with Crippen LogP contribution in [0, 0.1) is 17.1 Å². The highest BCUT2D eigenvalue weighted by molar-refractivity contribution is 7.91. The van der Waals surface area contributed by atoms with Crippen molar-refractivity contribution in [2.24, 2.45) is 0 Å². The molecule has 0 heterocycles. The Morgan fingerprint density at radius 2 is 1.89 bits per heavy atom. The minimum absolute atomic E-state index is 0.0499. The Labute approximate surface area is 155 Å². The summed E-state index contributed by atoms with van der Waals surface area (Å²) in [4.78, 5) is 12.1. The Hall–Kier alpha value is -2.83. The molecule has 2 aromatic rings. The molecule has 1 unspecified atom stereocenters. The molecule has 1 amide bonds. The number of sulfone groups is 1. The molecule has 0 fully saturated rings. The monoisotopic (exact) mass is 394 g/mol. The van der Waals surface area contributed by atoms with Crippen LogP contribution in [0.3, 0.4) is 0 Å². The molecule has 9 heteroatoms. The summed E-state index contributed by atoms with van der Waals surface area (Å²) in [6, 6.07) is 9.64. The number of halogens is 2. The zero-order valence-electron chi connectivity index (χ0n) is 14.2. The lowest BCUT2D eigenvalue weighted by molar-refractivity contribution is -0.130. The highest BCUT2D eigenvalue weighted by Crippen LogP contribution is 2.21. The molecule has 142 valence electrons. The van der Waals surface area contributed by atoms with Crippen molar-refractivity contribution in [3.8, 4) is 6.07 Å². The van der Waals surface area contributed by atoms with Crippen molar-refractivity contribution >= 4 is 21.4 Å². The summed E-state index contributed by atoms with van der Waals surface area (Å²) in [5, 5.41) is 21.5. The van der Waals surface area contributed by atoms with Gasteiger partial charge in [-0.1, -0.05) is 0 Å². The molecule has 2 N–H and O–H groups in total. The fourth-order valence-corrected chi connectivity index (χ4v) is 3.91. The summed E-state index contributed by atoms with van der Waals surface area (Å²) in [7, 11) is -4.08. The van der Waals surface area contributed by atoms with Crippen molar-refractivity contribution < 1.29 is 27.1 Å². The first-order valence-corrected chi connectivity index (χ1v) is 9.35. The fourth-order valence-electron chi connectivity index (χ4n) is 2.32. The third kappa shape index (κ3) is 4.87. The first kappa shape index (κ1) is 20.5. The van der Waals surface area contributed by atoms with Crippen molar-refractivity contribution in [2.75, 3.05) is 11.1 Å². The number of amides is 1. The average Bonchev–Trinajstić information content (AvgIpc) is 2.61. The van der Waals surface area contributed by atoms with E-state index in [4.69, 9.17) is 5.26 Å². The van der Waals surface area contributed by atoms with Gasteiger partial charge >= 0.3 is 0 Å². The second-order valence-corrected chi connectivity index (χ2v) is 8.05. The molecule has 0 saturated carbocycles. The molecule has 2 rings (SSSR count). The summed E-state index contributed by atoms with van der Waals surface area (Å²) in [6.45, 7) is 0.0884. The van der Waals surface area contributed by atoms with Gasteiger partial charge in [-0.2, -0.15) is 5.26 Å². The largest absolute Gasteiger partial charge is 0.379 e. The number of carbonyl (C=O) groups excluding carboxylic acids is 1.